The van der Waals surface area contributed by atoms with E-state index in [2.05, 4.69) is 28.9 Å². The number of hydrogen-bond donors (Lipinski definition) is 2. The predicted octanol–water partition coefficient (Wildman–Crippen LogP) is 5.83. The molecule has 0 saturated heterocycles. The summed E-state index contributed by atoms with van der Waals surface area (Å²) < 4.78 is 4.00. The van der Waals surface area contributed by atoms with Gasteiger partial charge >= 0.3 is 5.97 Å². The third-order valence-electron chi connectivity index (χ3n) is 6.58. The Morgan fingerprint density at radius 2 is 1.51 bits per heavy atom. The van der Waals surface area contributed by atoms with Crippen molar-refractivity contribution in [2.24, 2.45) is 0 Å². The molecule has 2 amide bonds. The lowest BCUT2D eigenvalue weighted by molar-refractivity contribution is -0.140. The van der Waals surface area contributed by atoms with Gasteiger partial charge in [-0.05, 0) is 42.9 Å². The minimum absolute atomic E-state index is 0.348. The lowest BCUT2D eigenvalue weighted by Gasteiger charge is -2.16. The van der Waals surface area contributed by atoms with E-state index in [1.807, 2.05) is 55.5 Å². The first-order valence-electron chi connectivity index (χ1n) is 12.4. The van der Waals surface area contributed by atoms with Crippen LogP contribution in [0.25, 0.3) is 22.4 Å². The number of rotatable bonds is 7. The fraction of sp³-hybridized carbons (Fsp3) is 0.321. The fourth-order valence-electron chi connectivity index (χ4n) is 4.31. The third-order valence-corrected chi connectivity index (χ3v) is 7.21. The molecule has 2 N–H and O–H groups in total. The van der Waals surface area contributed by atoms with E-state index < -0.39 is 11.4 Å². The second kappa shape index (κ2) is 10.6. The van der Waals surface area contributed by atoms with Crippen molar-refractivity contribution >= 4 is 34.3 Å². The molecule has 8 nitrogen and oxygen atoms in total. The van der Waals surface area contributed by atoms with Crippen LogP contribution in [0.2, 0.25) is 0 Å². The quantitative estimate of drug-likeness (QED) is 0.379. The average molecular weight is 519 g/mol. The molecule has 1 aromatic heterocycles. The van der Waals surface area contributed by atoms with Crippen molar-refractivity contribution in [1.82, 2.24) is 14.6 Å². The second-order valence-electron chi connectivity index (χ2n) is 9.21. The molecule has 37 heavy (non-hydrogen) atoms. The van der Waals surface area contributed by atoms with Crippen LogP contribution in [0, 0.1) is 0 Å². The molecule has 0 unspecified atom stereocenters. The van der Waals surface area contributed by atoms with Gasteiger partial charge in [0.2, 0.25) is 0 Å². The summed E-state index contributed by atoms with van der Waals surface area (Å²) in [6, 6.07) is 15.4. The molecule has 9 heteroatoms. The Morgan fingerprint density at radius 3 is 2.00 bits per heavy atom. The number of nitrogens with one attached hydrogen (secondary N) is 1. The Bertz CT molecular complexity index is 1360. The maximum atomic E-state index is 12.6. The van der Waals surface area contributed by atoms with Gasteiger partial charge < -0.3 is 5.11 Å². The van der Waals surface area contributed by atoms with Gasteiger partial charge in [0.1, 0.15) is 5.69 Å². The molecule has 5 rings (SSSR count). The largest absolute Gasteiger partial charge is 0.481 e. The van der Waals surface area contributed by atoms with E-state index in [0.717, 1.165) is 38.8 Å². The molecule has 0 atom stereocenters. The summed E-state index contributed by atoms with van der Waals surface area (Å²) in [4.78, 5) is 36.6. The number of amides is 2. The number of carbonyl (C=O) groups excluding carboxylic acids is 2. The van der Waals surface area contributed by atoms with E-state index in [9.17, 15) is 19.5 Å². The molecule has 2 aliphatic rings. The van der Waals surface area contributed by atoms with E-state index in [-0.39, 0.29) is 11.8 Å². The van der Waals surface area contributed by atoms with Crippen LogP contribution in [0.5, 0.6) is 0 Å². The SMILES string of the molecule is CCC.CCC1=C(C)C(=O)N(Nc2snnc2-c2ccc(-c3ccc(C4(C(=O)O)CC4)cc3)cc2)C1=O. The number of benzene rings is 2. The first-order valence-corrected chi connectivity index (χ1v) is 13.2. The van der Waals surface area contributed by atoms with Crippen LogP contribution in [0.15, 0.2) is 59.7 Å². The molecule has 2 aromatic carbocycles. The molecule has 192 valence electrons. The summed E-state index contributed by atoms with van der Waals surface area (Å²) >= 11 is 1.07. The maximum Gasteiger partial charge on any atom is 0.314 e. The highest BCUT2D eigenvalue weighted by Crippen LogP contribution is 2.48. The van der Waals surface area contributed by atoms with Gasteiger partial charge in [0.25, 0.3) is 11.8 Å². The van der Waals surface area contributed by atoms with Crippen LogP contribution >= 0.6 is 11.5 Å². The summed E-state index contributed by atoms with van der Waals surface area (Å²) in [5.74, 6) is -1.48. The van der Waals surface area contributed by atoms with E-state index >= 15 is 0 Å². The Morgan fingerprint density at radius 1 is 0.973 bits per heavy atom. The normalized spacial score (nSPS) is 15.9. The number of imide groups is 1. The highest BCUT2D eigenvalue weighted by atomic mass is 32.1. The van der Waals surface area contributed by atoms with Crippen LogP contribution < -0.4 is 5.43 Å². The van der Waals surface area contributed by atoms with Gasteiger partial charge in [0, 0.05) is 28.2 Å². The van der Waals surface area contributed by atoms with Crippen molar-refractivity contribution in [3.8, 4) is 22.4 Å². The van der Waals surface area contributed by atoms with Crippen LogP contribution in [-0.4, -0.2) is 37.5 Å². The van der Waals surface area contributed by atoms with Gasteiger partial charge in [0.05, 0.1) is 5.41 Å². The summed E-state index contributed by atoms with van der Waals surface area (Å²) in [6.45, 7) is 7.75. The van der Waals surface area contributed by atoms with E-state index in [0.29, 0.717) is 41.1 Å². The summed E-state index contributed by atoms with van der Waals surface area (Å²) in [7, 11) is 0. The van der Waals surface area contributed by atoms with Crippen molar-refractivity contribution in [2.75, 3.05) is 5.43 Å². The van der Waals surface area contributed by atoms with E-state index in [1.54, 1.807) is 6.92 Å². The molecule has 1 aliphatic heterocycles. The molecular weight excluding hydrogens is 488 g/mol. The molecule has 1 aliphatic carbocycles. The fourth-order valence-corrected chi connectivity index (χ4v) is 4.89. The molecular formula is C28H30N4O4S. The Hall–Kier alpha value is -3.85. The summed E-state index contributed by atoms with van der Waals surface area (Å²) in [6.07, 6.45) is 3.10. The third kappa shape index (κ3) is 4.91. The number of carboxylic acids is 1. The number of nitrogens with zero attached hydrogens (tertiary/aromatic N) is 3. The van der Waals surface area contributed by atoms with Crippen molar-refractivity contribution in [1.29, 1.82) is 0 Å². The smallest absolute Gasteiger partial charge is 0.314 e. The number of hydrazine groups is 1. The monoisotopic (exact) mass is 518 g/mol. The van der Waals surface area contributed by atoms with Gasteiger partial charge in [0.15, 0.2) is 5.00 Å². The Balaban J connectivity index is 0.00000102. The van der Waals surface area contributed by atoms with E-state index in [4.69, 9.17) is 0 Å². The highest BCUT2D eigenvalue weighted by Gasteiger charge is 2.51. The summed E-state index contributed by atoms with van der Waals surface area (Å²) in [5, 5.41) is 15.2. The zero-order chi connectivity index (χ0) is 26.7. The number of carboxylic acid groups (broad SMARTS) is 1. The maximum absolute atomic E-state index is 12.6. The molecule has 0 spiro atoms. The first kappa shape index (κ1) is 26.2. The zero-order valence-electron chi connectivity index (χ0n) is 21.4. The van der Waals surface area contributed by atoms with Gasteiger partial charge in [-0.25, -0.2) is 0 Å². The number of carbonyl (C=O) groups is 3. The highest BCUT2D eigenvalue weighted by molar-refractivity contribution is 7.10. The van der Waals surface area contributed by atoms with Gasteiger partial charge in [-0.3, -0.25) is 19.8 Å². The molecule has 0 bridgehead atoms. The Kier molecular flexibility index (Phi) is 7.54. The van der Waals surface area contributed by atoms with Crippen molar-refractivity contribution < 1.29 is 19.5 Å². The standard InChI is InChI=1S/C25H22N4O4S.C3H8/c1-3-19-14(2)22(30)29(23(19)31)27-21-20(26-28-34-21)17-6-4-15(5-7-17)16-8-10-18(11-9-16)25(12-13-25)24(32)33;1-3-2/h4-11,27H,3,12-13H2,1-2H3,(H,32,33);3H2,1-2H3. The minimum Gasteiger partial charge on any atom is -0.481 e. The molecule has 1 fully saturated rings. The van der Waals surface area contributed by atoms with Gasteiger partial charge in [-0.15, -0.1) is 5.10 Å². The number of hydrogen-bond acceptors (Lipinski definition) is 7. The van der Waals surface area contributed by atoms with Gasteiger partial charge in [-0.1, -0.05) is 80.2 Å². The molecule has 2 heterocycles. The van der Waals surface area contributed by atoms with E-state index in [1.165, 1.54) is 6.42 Å². The van der Waals surface area contributed by atoms with Crippen LogP contribution in [0.3, 0.4) is 0 Å². The lowest BCUT2D eigenvalue weighted by atomic mass is 9.93. The summed E-state index contributed by atoms with van der Waals surface area (Å²) in [5.41, 5.74) is 7.27. The number of aliphatic carboxylic acids is 1. The van der Waals surface area contributed by atoms with Gasteiger partial charge in [-0.2, -0.15) is 5.01 Å². The van der Waals surface area contributed by atoms with Crippen LogP contribution in [0.4, 0.5) is 5.00 Å². The lowest BCUT2D eigenvalue weighted by Crippen LogP contribution is -2.36. The molecule has 1 saturated carbocycles. The predicted molar refractivity (Wildman–Crippen MR) is 144 cm³/mol. The average Bonchev–Trinajstić information content (AvgIpc) is 3.55. The first-order chi connectivity index (χ1) is 17.8. The van der Waals surface area contributed by atoms with Crippen molar-refractivity contribution in [3.05, 3.63) is 65.2 Å². The topological polar surface area (TPSA) is 112 Å². The number of aromatic nitrogens is 2. The van der Waals surface area contributed by atoms with Crippen LogP contribution in [0.1, 0.15) is 58.9 Å². The minimum atomic E-state index is -0.764. The second-order valence-corrected chi connectivity index (χ2v) is 9.97. The molecule has 3 aromatic rings. The molecule has 0 radical (unpaired) electrons. The van der Waals surface area contributed by atoms with Crippen molar-refractivity contribution in [3.63, 3.8) is 0 Å². The number of anilines is 1. The Labute approximate surface area is 220 Å². The van der Waals surface area contributed by atoms with Crippen molar-refractivity contribution in [2.45, 2.75) is 58.8 Å². The van der Waals surface area contributed by atoms with Crippen LogP contribution in [-0.2, 0) is 19.8 Å². The zero-order valence-corrected chi connectivity index (χ0v) is 22.2.